The van der Waals surface area contributed by atoms with Crippen molar-refractivity contribution in [1.82, 2.24) is 0 Å². The number of carbonyl (C=O) groups excluding carboxylic acids is 1. The van der Waals surface area contributed by atoms with Gasteiger partial charge < -0.3 is 10.2 Å². The molecule has 0 bridgehead atoms. The Morgan fingerprint density at radius 1 is 1.50 bits per heavy atom. The average Bonchev–Trinajstić information content (AvgIpc) is 2.22. The molecule has 0 unspecified atom stereocenters. The molecule has 2 N–H and O–H groups in total. The number of carbonyl (C=O) groups is 1. The first-order chi connectivity index (χ1) is 7.45. The molecule has 0 aromatic heterocycles. The maximum absolute atomic E-state index is 13.2. The lowest BCUT2D eigenvalue weighted by atomic mass is 10.0. The lowest BCUT2D eigenvalue weighted by Gasteiger charge is -2.09. The summed E-state index contributed by atoms with van der Waals surface area (Å²) < 4.78 is 13.2. The molecule has 0 fully saturated rings. The molecule has 0 aliphatic rings. The fourth-order valence-corrected chi connectivity index (χ4v) is 1.38. The molecule has 86 valence electrons. The normalized spacial score (nSPS) is 10.2. The van der Waals surface area contributed by atoms with Crippen LogP contribution < -0.4 is 0 Å². The first-order valence-electron chi connectivity index (χ1n) is 4.75. The number of rotatable bonds is 4. The highest BCUT2D eigenvalue weighted by Crippen LogP contribution is 2.26. The molecule has 1 rings (SSSR count). The Hall–Kier alpha value is -1.68. The smallest absolute Gasteiger partial charge is 0.163 e. The van der Waals surface area contributed by atoms with Crippen LogP contribution in [0.3, 0.4) is 0 Å². The number of hydrogen-bond donors (Lipinski definition) is 2. The van der Waals surface area contributed by atoms with E-state index in [0.717, 1.165) is 12.1 Å². The van der Waals surface area contributed by atoms with E-state index in [1.807, 2.05) is 0 Å². The summed E-state index contributed by atoms with van der Waals surface area (Å²) in [6, 6.07) is 2.12. The Labute approximate surface area is 92.8 Å². The van der Waals surface area contributed by atoms with Gasteiger partial charge in [-0.15, -0.1) is 0 Å². The molecule has 0 heterocycles. The van der Waals surface area contributed by atoms with E-state index >= 15 is 0 Å². The number of aromatic hydroxyl groups is 1. The maximum atomic E-state index is 13.2. The van der Waals surface area contributed by atoms with E-state index in [2.05, 4.69) is 6.58 Å². The van der Waals surface area contributed by atoms with E-state index in [9.17, 15) is 14.3 Å². The average molecular weight is 224 g/mol. The third kappa shape index (κ3) is 2.67. The van der Waals surface area contributed by atoms with Crippen LogP contribution in [-0.4, -0.2) is 22.6 Å². The number of benzene rings is 1. The van der Waals surface area contributed by atoms with E-state index in [4.69, 9.17) is 5.11 Å². The number of hydrogen-bond acceptors (Lipinski definition) is 3. The topological polar surface area (TPSA) is 57.5 Å². The van der Waals surface area contributed by atoms with E-state index in [-0.39, 0.29) is 29.9 Å². The minimum absolute atomic E-state index is 0.0549. The SMILES string of the molecule is C=C(CO)Cc1cc(F)cc(C(C)=O)c1O. The van der Waals surface area contributed by atoms with Crippen molar-refractivity contribution < 1.29 is 19.4 Å². The summed E-state index contributed by atoms with van der Waals surface area (Å²) in [6.07, 6.45) is 0.139. The Kier molecular flexibility index (Phi) is 3.79. The lowest BCUT2D eigenvalue weighted by molar-refractivity contribution is 0.101. The largest absolute Gasteiger partial charge is 0.507 e. The molecule has 0 saturated heterocycles. The van der Waals surface area contributed by atoms with Crippen molar-refractivity contribution >= 4 is 5.78 Å². The van der Waals surface area contributed by atoms with Gasteiger partial charge in [-0.3, -0.25) is 4.79 Å². The Morgan fingerprint density at radius 3 is 2.62 bits per heavy atom. The zero-order chi connectivity index (χ0) is 12.3. The fourth-order valence-electron chi connectivity index (χ4n) is 1.38. The second kappa shape index (κ2) is 4.90. The molecule has 4 heteroatoms. The van der Waals surface area contributed by atoms with Gasteiger partial charge in [0.2, 0.25) is 0 Å². The highest BCUT2D eigenvalue weighted by atomic mass is 19.1. The van der Waals surface area contributed by atoms with Crippen molar-refractivity contribution in [2.45, 2.75) is 13.3 Å². The summed E-state index contributed by atoms with van der Waals surface area (Å²) in [6.45, 7) is 4.55. The monoisotopic (exact) mass is 224 g/mol. The first kappa shape index (κ1) is 12.4. The summed E-state index contributed by atoms with van der Waals surface area (Å²) in [5.41, 5.74) is 0.639. The minimum atomic E-state index is -0.594. The van der Waals surface area contributed by atoms with E-state index in [1.165, 1.54) is 6.92 Å². The molecule has 0 atom stereocenters. The molecule has 0 amide bonds. The zero-order valence-corrected chi connectivity index (χ0v) is 8.96. The van der Waals surface area contributed by atoms with Gasteiger partial charge in [0.15, 0.2) is 5.78 Å². The molecule has 1 aromatic rings. The predicted octanol–water partition coefficient (Wildman–Crippen LogP) is 1.82. The zero-order valence-electron chi connectivity index (χ0n) is 8.96. The molecule has 0 saturated carbocycles. The van der Waals surface area contributed by atoms with Gasteiger partial charge in [0.25, 0.3) is 0 Å². The van der Waals surface area contributed by atoms with Crippen molar-refractivity contribution in [2.24, 2.45) is 0 Å². The summed E-state index contributed by atoms with van der Waals surface area (Å²) in [4.78, 5) is 11.1. The molecule has 0 aliphatic carbocycles. The van der Waals surface area contributed by atoms with Crippen molar-refractivity contribution in [3.05, 3.63) is 41.2 Å². The van der Waals surface area contributed by atoms with Gasteiger partial charge in [0.1, 0.15) is 11.6 Å². The van der Waals surface area contributed by atoms with Gasteiger partial charge in [-0.25, -0.2) is 4.39 Å². The quantitative estimate of drug-likeness (QED) is 0.606. The Balaban J connectivity index is 3.19. The van der Waals surface area contributed by atoms with Crippen LogP contribution in [0.15, 0.2) is 24.3 Å². The summed E-state index contributed by atoms with van der Waals surface area (Å²) in [7, 11) is 0. The molecule has 3 nitrogen and oxygen atoms in total. The van der Waals surface area contributed by atoms with Crippen LogP contribution in [0.4, 0.5) is 4.39 Å². The van der Waals surface area contributed by atoms with E-state index in [0.29, 0.717) is 5.57 Å². The summed E-state index contributed by atoms with van der Waals surface area (Å²) in [5.74, 6) is -1.25. The van der Waals surface area contributed by atoms with E-state index in [1.54, 1.807) is 0 Å². The molecule has 1 aromatic carbocycles. The molecule has 0 aliphatic heterocycles. The number of Topliss-reactive ketones (excluding diaryl/α,β-unsaturated/α-hetero) is 1. The summed E-state index contributed by atoms with van der Waals surface area (Å²) >= 11 is 0. The number of halogens is 1. The van der Waals surface area contributed by atoms with Crippen molar-refractivity contribution in [3.8, 4) is 5.75 Å². The third-order valence-electron chi connectivity index (χ3n) is 2.20. The number of phenols is 1. The van der Waals surface area contributed by atoms with Gasteiger partial charge in [0, 0.05) is 5.56 Å². The molecule has 0 radical (unpaired) electrons. The second-order valence-electron chi connectivity index (χ2n) is 3.60. The minimum Gasteiger partial charge on any atom is -0.507 e. The van der Waals surface area contributed by atoms with Gasteiger partial charge >= 0.3 is 0 Å². The van der Waals surface area contributed by atoms with Gasteiger partial charge in [-0.05, 0) is 31.1 Å². The van der Waals surface area contributed by atoms with Gasteiger partial charge in [-0.2, -0.15) is 0 Å². The number of aliphatic hydroxyl groups excluding tert-OH is 1. The van der Waals surface area contributed by atoms with Crippen molar-refractivity contribution in [3.63, 3.8) is 0 Å². The first-order valence-corrected chi connectivity index (χ1v) is 4.75. The number of ketones is 1. The van der Waals surface area contributed by atoms with Gasteiger partial charge in [0.05, 0.1) is 12.2 Å². The predicted molar refractivity (Wildman–Crippen MR) is 58.0 cm³/mol. The summed E-state index contributed by atoms with van der Waals surface area (Å²) in [5, 5.41) is 18.5. The molecular formula is C12H13FO3. The van der Waals surface area contributed by atoms with Gasteiger partial charge in [-0.1, -0.05) is 6.58 Å². The third-order valence-corrected chi connectivity index (χ3v) is 2.20. The number of aliphatic hydroxyl groups is 1. The van der Waals surface area contributed by atoms with Crippen LogP contribution in [-0.2, 0) is 6.42 Å². The number of phenolic OH excluding ortho intramolecular Hbond substituents is 1. The van der Waals surface area contributed by atoms with Crippen molar-refractivity contribution in [2.75, 3.05) is 6.61 Å². The Morgan fingerprint density at radius 2 is 2.12 bits per heavy atom. The fraction of sp³-hybridized carbons (Fsp3) is 0.250. The van der Waals surface area contributed by atoms with Crippen LogP contribution in [0.1, 0.15) is 22.8 Å². The van der Waals surface area contributed by atoms with Crippen molar-refractivity contribution in [1.29, 1.82) is 0 Å². The highest BCUT2D eigenvalue weighted by Gasteiger charge is 2.13. The van der Waals surface area contributed by atoms with Crippen LogP contribution in [0.25, 0.3) is 0 Å². The van der Waals surface area contributed by atoms with Crippen LogP contribution in [0.2, 0.25) is 0 Å². The molecular weight excluding hydrogens is 211 g/mol. The van der Waals surface area contributed by atoms with Crippen LogP contribution in [0, 0.1) is 5.82 Å². The Bertz CT molecular complexity index is 438. The maximum Gasteiger partial charge on any atom is 0.163 e. The molecule has 0 spiro atoms. The van der Waals surface area contributed by atoms with Crippen LogP contribution >= 0.6 is 0 Å². The lowest BCUT2D eigenvalue weighted by Crippen LogP contribution is -2.00. The molecule has 16 heavy (non-hydrogen) atoms. The standard InChI is InChI=1S/C12H13FO3/c1-7(6-14)3-9-4-10(13)5-11(8(2)15)12(9)16/h4-5,14,16H,1,3,6H2,2H3. The van der Waals surface area contributed by atoms with Crippen LogP contribution in [0.5, 0.6) is 5.75 Å². The van der Waals surface area contributed by atoms with E-state index < -0.39 is 11.6 Å². The second-order valence-corrected chi connectivity index (χ2v) is 3.60. The highest BCUT2D eigenvalue weighted by molar-refractivity contribution is 5.97.